The minimum absolute atomic E-state index is 0.00923. The second-order valence-corrected chi connectivity index (χ2v) is 8.08. The number of carbonyl (C=O) groups excluding carboxylic acids is 2. The molecule has 0 aromatic heterocycles. The number of carbonyl (C=O) groups is 2. The van der Waals surface area contributed by atoms with Crippen molar-refractivity contribution < 1.29 is 14.3 Å². The zero-order valence-electron chi connectivity index (χ0n) is 15.6. The van der Waals surface area contributed by atoms with Crippen LogP contribution in [0.15, 0.2) is 42.5 Å². The van der Waals surface area contributed by atoms with Gasteiger partial charge < -0.3 is 10.1 Å². The Hall–Kier alpha value is -2.04. The third-order valence-corrected chi connectivity index (χ3v) is 4.64. The maximum Gasteiger partial charge on any atom is 0.338 e. The molecule has 1 N–H and O–H groups in total. The lowest BCUT2D eigenvalue weighted by Gasteiger charge is -2.18. The Balaban J connectivity index is 1.77. The van der Waals surface area contributed by atoms with Crippen molar-refractivity contribution in [3.63, 3.8) is 0 Å². The SMILES string of the molecule is CC(C)(C)c1ccc(C(=O)OCC(=O)NCCc2ccc(Cl)cc2Cl)cc1. The Morgan fingerprint density at radius 3 is 2.30 bits per heavy atom. The summed E-state index contributed by atoms with van der Waals surface area (Å²) in [7, 11) is 0. The first kappa shape index (κ1) is 21.3. The van der Waals surface area contributed by atoms with E-state index in [1.807, 2.05) is 18.2 Å². The van der Waals surface area contributed by atoms with Gasteiger partial charge in [0.15, 0.2) is 6.61 Å². The van der Waals surface area contributed by atoms with Gasteiger partial charge in [-0.3, -0.25) is 4.79 Å². The molecular weight excluding hydrogens is 385 g/mol. The summed E-state index contributed by atoms with van der Waals surface area (Å²) in [6, 6.07) is 12.4. The lowest BCUT2D eigenvalue weighted by Crippen LogP contribution is -2.30. The van der Waals surface area contributed by atoms with Crippen molar-refractivity contribution in [1.82, 2.24) is 5.32 Å². The average Bonchev–Trinajstić information content (AvgIpc) is 2.61. The summed E-state index contributed by atoms with van der Waals surface area (Å²) in [6.07, 6.45) is 0.559. The first-order valence-corrected chi connectivity index (χ1v) is 9.41. The monoisotopic (exact) mass is 407 g/mol. The van der Waals surface area contributed by atoms with Gasteiger partial charge in [0.25, 0.3) is 5.91 Å². The largest absolute Gasteiger partial charge is 0.452 e. The lowest BCUT2D eigenvalue weighted by molar-refractivity contribution is -0.124. The average molecular weight is 408 g/mol. The number of rotatable bonds is 6. The second kappa shape index (κ2) is 9.25. The first-order chi connectivity index (χ1) is 12.7. The van der Waals surface area contributed by atoms with Crippen molar-refractivity contribution in [1.29, 1.82) is 0 Å². The van der Waals surface area contributed by atoms with Crippen LogP contribution in [0.4, 0.5) is 0 Å². The Kier molecular flexibility index (Phi) is 7.28. The van der Waals surface area contributed by atoms with Gasteiger partial charge in [-0.1, -0.05) is 62.2 Å². The third kappa shape index (κ3) is 6.56. The minimum atomic E-state index is -0.522. The van der Waals surface area contributed by atoms with Gasteiger partial charge >= 0.3 is 5.97 Å². The summed E-state index contributed by atoms with van der Waals surface area (Å²) < 4.78 is 5.06. The van der Waals surface area contributed by atoms with Crippen molar-refractivity contribution >= 4 is 35.1 Å². The van der Waals surface area contributed by atoms with Crippen LogP contribution in [-0.2, 0) is 21.4 Å². The van der Waals surface area contributed by atoms with E-state index in [0.717, 1.165) is 11.1 Å². The molecule has 0 fully saturated rings. The number of hydrogen-bond donors (Lipinski definition) is 1. The highest BCUT2D eigenvalue weighted by Crippen LogP contribution is 2.22. The fourth-order valence-electron chi connectivity index (χ4n) is 2.43. The number of amides is 1. The number of halogens is 2. The van der Waals surface area contributed by atoms with Crippen LogP contribution >= 0.6 is 23.2 Å². The Bertz CT molecular complexity index is 811. The fourth-order valence-corrected chi connectivity index (χ4v) is 2.94. The van der Waals surface area contributed by atoms with E-state index in [4.69, 9.17) is 27.9 Å². The van der Waals surface area contributed by atoms with Crippen molar-refractivity contribution in [3.05, 3.63) is 69.2 Å². The maximum atomic E-state index is 12.0. The predicted octanol–water partition coefficient (Wildman–Crippen LogP) is 4.81. The number of hydrogen-bond acceptors (Lipinski definition) is 3. The Labute approximate surface area is 169 Å². The normalized spacial score (nSPS) is 11.1. The molecule has 2 rings (SSSR count). The zero-order chi connectivity index (χ0) is 20.0. The molecule has 0 aliphatic rings. The lowest BCUT2D eigenvalue weighted by atomic mass is 9.87. The summed E-state index contributed by atoms with van der Waals surface area (Å²) in [5.74, 6) is -0.883. The summed E-state index contributed by atoms with van der Waals surface area (Å²) >= 11 is 11.9. The third-order valence-electron chi connectivity index (χ3n) is 4.05. The number of nitrogens with one attached hydrogen (secondary N) is 1. The van der Waals surface area contributed by atoms with E-state index in [9.17, 15) is 9.59 Å². The molecule has 144 valence electrons. The number of benzene rings is 2. The van der Waals surface area contributed by atoms with E-state index >= 15 is 0 Å². The van der Waals surface area contributed by atoms with Crippen LogP contribution < -0.4 is 5.32 Å². The topological polar surface area (TPSA) is 55.4 Å². The van der Waals surface area contributed by atoms with Crippen LogP contribution in [0.2, 0.25) is 10.0 Å². The highest BCUT2D eigenvalue weighted by atomic mass is 35.5. The molecule has 0 atom stereocenters. The smallest absolute Gasteiger partial charge is 0.338 e. The predicted molar refractivity (Wildman–Crippen MR) is 109 cm³/mol. The molecule has 6 heteroatoms. The van der Waals surface area contributed by atoms with Crippen molar-refractivity contribution in [3.8, 4) is 0 Å². The van der Waals surface area contributed by atoms with Gasteiger partial charge in [0, 0.05) is 16.6 Å². The first-order valence-electron chi connectivity index (χ1n) is 8.65. The van der Waals surface area contributed by atoms with Crippen LogP contribution in [-0.4, -0.2) is 25.0 Å². The highest BCUT2D eigenvalue weighted by molar-refractivity contribution is 6.35. The number of ether oxygens (including phenoxy) is 1. The van der Waals surface area contributed by atoms with Gasteiger partial charge in [0.05, 0.1) is 5.56 Å². The van der Waals surface area contributed by atoms with Crippen molar-refractivity contribution in [2.75, 3.05) is 13.2 Å². The van der Waals surface area contributed by atoms with Gasteiger partial charge in [-0.2, -0.15) is 0 Å². The van der Waals surface area contributed by atoms with E-state index in [-0.39, 0.29) is 17.9 Å². The molecule has 0 spiro atoms. The molecule has 0 aliphatic carbocycles. The molecule has 0 bridgehead atoms. The molecule has 0 saturated heterocycles. The van der Waals surface area contributed by atoms with Crippen LogP contribution in [0, 0.1) is 0 Å². The summed E-state index contributed by atoms with van der Waals surface area (Å²) in [6.45, 7) is 6.36. The van der Waals surface area contributed by atoms with E-state index < -0.39 is 5.97 Å². The molecule has 0 heterocycles. The van der Waals surface area contributed by atoms with Crippen LogP contribution in [0.25, 0.3) is 0 Å². The van der Waals surface area contributed by atoms with Crippen molar-refractivity contribution in [2.24, 2.45) is 0 Å². The summed E-state index contributed by atoms with van der Waals surface area (Å²) in [5, 5.41) is 3.82. The van der Waals surface area contributed by atoms with E-state index in [0.29, 0.717) is 28.6 Å². The Morgan fingerprint density at radius 2 is 1.70 bits per heavy atom. The standard InChI is InChI=1S/C21H23Cl2NO3/c1-21(2,3)16-7-4-15(5-8-16)20(26)27-13-19(25)24-11-10-14-6-9-17(22)12-18(14)23/h4-9,12H,10-11,13H2,1-3H3,(H,24,25). The molecule has 2 aromatic carbocycles. The van der Waals surface area contributed by atoms with Crippen LogP contribution in [0.3, 0.4) is 0 Å². The molecule has 4 nitrogen and oxygen atoms in total. The molecule has 2 aromatic rings. The molecular formula is C21H23Cl2NO3. The van der Waals surface area contributed by atoms with Gasteiger partial charge in [-0.05, 0) is 47.2 Å². The summed E-state index contributed by atoms with van der Waals surface area (Å²) in [4.78, 5) is 23.9. The molecule has 1 amide bonds. The zero-order valence-corrected chi connectivity index (χ0v) is 17.2. The quantitative estimate of drug-likeness (QED) is 0.699. The van der Waals surface area contributed by atoms with Gasteiger partial charge in [-0.15, -0.1) is 0 Å². The minimum Gasteiger partial charge on any atom is -0.452 e. The molecule has 0 aliphatic heterocycles. The van der Waals surface area contributed by atoms with E-state index in [1.54, 1.807) is 24.3 Å². The summed E-state index contributed by atoms with van der Waals surface area (Å²) in [5.41, 5.74) is 2.44. The number of esters is 1. The van der Waals surface area contributed by atoms with Gasteiger partial charge in [-0.25, -0.2) is 4.79 Å². The van der Waals surface area contributed by atoms with Gasteiger partial charge in [0.1, 0.15) is 0 Å². The van der Waals surface area contributed by atoms with Crippen LogP contribution in [0.1, 0.15) is 42.3 Å². The second-order valence-electron chi connectivity index (χ2n) is 7.24. The molecule has 0 saturated carbocycles. The fraction of sp³-hybridized carbons (Fsp3) is 0.333. The highest BCUT2D eigenvalue weighted by Gasteiger charge is 2.15. The van der Waals surface area contributed by atoms with E-state index in [2.05, 4.69) is 26.1 Å². The molecule has 27 heavy (non-hydrogen) atoms. The van der Waals surface area contributed by atoms with Crippen molar-refractivity contribution in [2.45, 2.75) is 32.6 Å². The van der Waals surface area contributed by atoms with E-state index in [1.165, 1.54) is 0 Å². The molecule has 0 radical (unpaired) electrons. The molecule has 0 unspecified atom stereocenters. The van der Waals surface area contributed by atoms with Crippen LogP contribution in [0.5, 0.6) is 0 Å². The Morgan fingerprint density at radius 1 is 1.04 bits per heavy atom. The maximum absolute atomic E-state index is 12.0. The van der Waals surface area contributed by atoms with Gasteiger partial charge in [0.2, 0.25) is 0 Å².